The van der Waals surface area contributed by atoms with Gasteiger partial charge < -0.3 is 13.7 Å². The lowest BCUT2D eigenvalue weighted by Gasteiger charge is -2.17. The first-order chi connectivity index (χ1) is 19.0. The molecule has 0 aromatic heterocycles. The summed E-state index contributed by atoms with van der Waals surface area (Å²) in [4.78, 5) is 26.9. The van der Waals surface area contributed by atoms with Gasteiger partial charge in [-0.25, -0.2) is 0 Å². The van der Waals surface area contributed by atoms with Crippen LogP contribution in [0.3, 0.4) is 0 Å². The van der Waals surface area contributed by atoms with Crippen LogP contribution in [0.15, 0.2) is 70.5 Å². The van der Waals surface area contributed by atoms with Crippen LogP contribution in [0.1, 0.15) is 36.5 Å². The van der Waals surface area contributed by atoms with E-state index in [4.69, 9.17) is 25.3 Å². The second kappa shape index (κ2) is 12.4. The highest BCUT2D eigenvalue weighted by atomic mass is 35.5. The van der Waals surface area contributed by atoms with Gasteiger partial charge in [0.15, 0.2) is 5.75 Å². The molecule has 4 rings (SSSR count). The molecule has 1 heterocycles. The van der Waals surface area contributed by atoms with Gasteiger partial charge in [0, 0.05) is 0 Å². The molecule has 11 heteroatoms. The molecule has 1 aliphatic heterocycles. The molecule has 0 bridgehead atoms. The topological polar surface area (TPSA) is 99.2 Å². The molecule has 1 aliphatic rings. The molecule has 40 heavy (non-hydrogen) atoms. The van der Waals surface area contributed by atoms with Crippen LogP contribution in [0.4, 0.5) is 4.79 Å². The summed E-state index contributed by atoms with van der Waals surface area (Å²) in [5.74, 6) is 0.386. The van der Waals surface area contributed by atoms with Crippen LogP contribution < -0.4 is 13.7 Å². The fraction of sp³-hybridized carbons (Fsp3) is 0.241. The van der Waals surface area contributed by atoms with Crippen molar-refractivity contribution < 1.29 is 31.7 Å². The number of hydrogen-bond donors (Lipinski definition) is 0. The molecule has 3 aromatic carbocycles. The standard InChI is InChI=1S/C29H28ClNO7S2/c1-18(2)22-11-10-19(3)14-24(22)37-13-12-31-28(32)26(39-29(31)33)17-20-15-23(30)27(25(16-20)36-4)38-40(34,35)21-8-6-5-7-9-21/h5-11,14-18H,12-13H2,1-4H3/b26-17-. The fourth-order valence-corrected chi connectivity index (χ4v) is 6.13. The minimum absolute atomic E-state index is 0.0438. The van der Waals surface area contributed by atoms with Crippen LogP contribution in [-0.2, 0) is 14.9 Å². The molecule has 1 fully saturated rings. The van der Waals surface area contributed by atoms with Gasteiger partial charge in [-0.05, 0) is 77.7 Å². The van der Waals surface area contributed by atoms with Gasteiger partial charge in [0.25, 0.3) is 11.1 Å². The molecule has 0 saturated carbocycles. The summed E-state index contributed by atoms with van der Waals surface area (Å²) in [7, 11) is -2.83. The first-order valence-electron chi connectivity index (χ1n) is 12.4. The number of halogens is 1. The molecule has 0 radical (unpaired) electrons. The highest BCUT2D eigenvalue weighted by Crippen LogP contribution is 2.40. The minimum Gasteiger partial charge on any atom is -0.493 e. The fourth-order valence-electron chi connectivity index (χ4n) is 3.98. The molecule has 2 amide bonds. The number of carbonyl (C=O) groups is 2. The number of ether oxygens (including phenoxy) is 2. The normalized spacial score (nSPS) is 14.8. The Balaban J connectivity index is 1.49. The Morgan fingerprint density at radius 3 is 2.42 bits per heavy atom. The summed E-state index contributed by atoms with van der Waals surface area (Å²) >= 11 is 7.17. The van der Waals surface area contributed by atoms with Gasteiger partial charge in [0.1, 0.15) is 17.3 Å². The zero-order valence-electron chi connectivity index (χ0n) is 22.3. The van der Waals surface area contributed by atoms with E-state index in [-0.39, 0.29) is 45.4 Å². The summed E-state index contributed by atoms with van der Waals surface area (Å²) in [5, 5.41) is -0.461. The maximum Gasteiger partial charge on any atom is 0.339 e. The number of carbonyl (C=O) groups excluding carboxylic acids is 2. The Hall–Kier alpha value is -3.47. The van der Waals surface area contributed by atoms with Crippen molar-refractivity contribution in [3.05, 3.63) is 87.3 Å². The Morgan fingerprint density at radius 2 is 1.75 bits per heavy atom. The van der Waals surface area contributed by atoms with E-state index in [2.05, 4.69) is 13.8 Å². The molecule has 3 aromatic rings. The summed E-state index contributed by atoms with van der Waals surface area (Å²) < 4.78 is 41.9. The predicted octanol–water partition coefficient (Wildman–Crippen LogP) is 6.66. The van der Waals surface area contributed by atoms with Gasteiger partial charge in [-0.3, -0.25) is 14.5 Å². The van der Waals surface area contributed by atoms with Crippen molar-refractivity contribution in [1.82, 2.24) is 4.90 Å². The van der Waals surface area contributed by atoms with Crippen LogP contribution in [0.5, 0.6) is 17.2 Å². The van der Waals surface area contributed by atoms with Crippen molar-refractivity contribution in [1.29, 1.82) is 0 Å². The lowest BCUT2D eigenvalue weighted by molar-refractivity contribution is -0.123. The maximum atomic E-state index is 13.0. The minimum atomic E-state index is -4.17. The van der Waals surface area contributed by atoms with Gasteiger partial charge >= 0.3 is 10.1 Å². The van der Waals surface area contributed by atoms with Crippen molar-refractivity contribution in [2.45, 2.75) is 31.6 Å². The Labute approximate surface area is 243 Å². The average molecular weight is 602 g/mol. The zero-order valence-corrected chi connectivity index (χ0v) is 24.7. The third kappa shape index (κ3) is 6.63. The molecule has 0 aliphatic carbocycles. The number of rotatable bonds is 10. The van der Waals surface area contributed by atoms with E-state index in [0.717, 1.165) is 33.5 Å². The molecule has 0 N–H and O–H groups in total. The van der Waals surface area contributed by atoms with Crippen LogP contribution in [0.25, 0.3) is 6.08 Å². The molecule has 0 atom stereocenters. The van der Waals surface area contributed by atoms with E-state index >= 15 is 0 Å². The molecule has 1 saturated heterocycles. The quantitative estimate of drug-likeness (QED) is 0.188. The smallest absolute Gasteiger partial charge is 0.339 e. The lowest BCUT2D eigenvalue weighted by Crippen LogP contribution is -2.32. The highest BCUT2D eigenvalue weighted by molar-refractivity contribution is 8.18. The van der Waals surface area contributed by atoms with E-state index < -0.39 is 21.3 Å². The van der Waals surface area contributed by atoms with Crippen molar-refractivity contribution in [3.8, 4) is 17.2 Å². The van der Waals surface area contributed by atoms with Gasteiger partial charge in [-0.2, -0.15) is 8.42 Å². The van der Waals surface area contributed by atoms with E-state index in [0.29, 0.717) is 5.56 Å². The monoisotopic (exact) mass is 601 g/mol. The average Bonchev–Trinajstić information content (AvgIpc) is 3.17. The Kier molecular flexibility index (Phi) is 9.12. The second-order valence-corrected chi connectivity index (χ2v) is 12.2. The van der Waals surface area contributed by atoms with Crippen LogP contribution in [0, 0.1) is 6.92 Å². The number of hydrogen-bond acceptors (Lipinski definition) is 8. The molecule has 210 valence electrons. The lowest BCUT2D eigenvalue weighted by atomic mass is 10.0. The summed E-state index contributed by atoms with van der Waals surface area (Å²) in [5.41, 5.74) is 2.53. The number of benzene rings is 3. The van der Waals surface area contributed by atoms with E-state index in [1.165, 1.54) is 37.5 Å². The number of aryl methyl sites for hydroxylation is 1. The highest BCUT2D eigenvalue weighted by Gasteiger charge is 2.35. The number of amides is 2. The Morgan fingerprint density at radius 1 is 1.02 bits per heavy atom. The summed E-state index contributed by atoms with van der Waals surface area (Å²) in [6.07, 6.45) is 1.49. The van der Waals surface area contributed by atoms with E-state index in [1.807, 2.05) is 25.1 Å². The largest absolute Gasteiger partial charge is 0.493 e. The Bertz CT molecular complexity index is 1570. The molecular weight excluding hydrogens is 574 g/mol. The molecular formula is C29H28ClNO7S2. The number of imide groups is 1. The van der Waals surface area contributed by atoms with Gasteiger partial charge in [-0.15, -0.1) is 0 Å². The van der Waals surface area contributed by atoms with Crippen LogP contribution in [0.2, 0.25) is 5.02 Å². The van der Waals surface area contributed by atoms with Crippen LogP contribution in [-0.4, -0.2) is 44.7 Å². The van der Waals surface area contributed by atoms with E-state index in [9.17, 15) is 18.0 Å². The predicted molar refractivity (Wildman–Crippen MR) is 156 cm³/mol. The van der Waals surface area contributed by atoms with Crippen molar-refractivity contribution in [2.75, 3.05) is 20.3 Å². The van der Waals surface area contributed by atoms with Gasteiger partial charge in [0.05, 0.1) is 23.6 Å². The molecule has 8 nitrogen and oxygen atoms in total. The van der Waals surface area contributed by atoms with E-state index in [1.54, 1.807) is 18.2 Å². The molecule has 0 unspecified atom stereocenters. The maximum absolute atomic E-state index is 13.0. The first-order valence-corrected chi connectivity index (χ1v) is 15.0. The number of thioether (sulfide) groups is 1. The van der Waals surface area contributed by atoms with Gasteiger partial charge in [-0.1, -0.05) is 55.8 Å². The third-order valence-electron chi connectivity index (χ3n) is 6.01. The van der Waals surface area contributed by atoms with Crippen LogP contribution >= 0.6 is 23.4 Å². The summed E-state index contributed by atoms with van der Waals surface area (Å²) in [6, 6.07) is 16.5. The van der Waals surface area contributed by atoms with Crippen molar-refractivity contribution in [3.63, 3.8) is 0 Å². The third-order valence-corrected chi connectivity index (χ3v) is 8.44. The van der Waals surface area contributed by atoms with Gasteiger partial charge in [0.2, 0.25) is 5.75 Å². The summed E-state index contributed by atoms with van der Waals surface area (Å²) in [6.45, 7) is 6.35. The molecule has 0 spiro atoms. The number of nitrogens with zero attached hydrogens (tertiary/aromatic N) is 1. The van der Waals surface area contributed by atoms with Crippen molar-refractivity contribution >= 4 is 50.7 Å². The zero-order chi connectivity index (χ0) is 29.0. The number of methoxy groups -OCH3 is 1. The first kappa shape index (κ1) is 29.5. The second-order valence-electron chi connectivity index (χ2n) is 9.26. The SMILES string of the molecule is COc1cc(/C=C2\SC(=O)N(CCOc3cc(C)ccc3C(C)C)C2=O)cc(Cl)c1OS(=O)(=O)c1ccccc1. The van der Waals surface area contributed by atoms with Crippen molar-refractivity contribution in [2.24, 2.45) is 0 Å².